The Kier molecular flexibility index (Phi) is 10.3. The highest BCUT2D eigenvalue weighted by Crippen LogP contribution is 2.36. The van der Waals surface area contributed by atoms with Gasteiger partial charge in [0.15, 0.2) is 0 Å². The molecule has 0 amide bonds. The topological polar surface area (TPSA) is 147 Å². The first-order valence-corrected chi connectivity index (χ1v) is 10.6. The van der Waals surface area contributed by atoms with Gasteiger partial charge in [-0.15, -0.1) is 0 Å². The van der Waals surface area contributed by atoms with Crippen LogP contribution in [-0.2, 0) is 11.2 Å². The molecule has 0 aliphatic heterocycles. The van der Waals surface area contributed by atoms with Gasteiger partial charge in [0.25, 0.3) is 0 Å². The molecule has 5 atom stereocenters. The number of benzene rings is 1. The van der Waals surface area contributed by atoms with Gasteiger partial charge in [-0.25, -0.2) is 0 Å². The predicted octanol–water partition coefficient (Wildman–Crippen LogP) is 4.04. The summed E-state index contributed by atoms with van der Waals surface area (Å²) in [4.78, 5) is 13.3. The van der Waals surface area contributed by atoms with Crippen molar-refractivity contribution in [2.24, 2.45) is 17.0 Å². The van der Waals surface area contributed by atoms with Crippen molar-refractivity contribution in [1.29, 1.82) is 0 Å². The summed E-state index contributed by atoms with van der Waals surface area (Å²) in [6, 6.07) is 7.17. The average Bonchev–Trinajstić information content (AvgIpc) is 3.00. The number of aliphatic hydroxyl groups is 3. The molecule has 1 aliphatic rings. The molecule has 4 N–H and O–H groups in total. The molecule has 0 heterocycles. The van der Waals surface area contributed by atoms with Crippen LogP contribution in [0.4, 0.5) is 5.69 Å². The van der Waals surface area contributed by atoms with E-state index < -0.39 is 24.3 Å². The average molecular weight is 430 g/mol. The molecule has 1 saturated carbocycles. The number of allylic oxidation sites excluding steroid dienone is 2. The number of aliphatic carboxylic acids is 1. The molecule has 8 heteroatoms. The van der Waals surface area contributed by atoms with Crippen molar-refractivity contribution in [3.63, 3.8) is 0 Å². The number of aliphatic hydroxyl groups excluding tert-OH is 3. The molecular weight excluding hydrogens is 398 g/mol. The van der Waals surface area contributed by atoms with E-state index in [9.17, 15) is 20.1 Å². The van der Waals surface area contributed by atoms with Gasteiger partial charge in [0, 0.05) is 29.4 Å². The quantitative estimate of drug-likeness (QED) is 0.130. The van der Waals surface area contributed by atoms with E-state index in [1.807, 2.05) is 24.3 Å². The van der Waals surface area contributed by atoms with Gasteiger partial charge in [-0.2, -0.15) is 0 Å². The van der Waals surface area contributed by atoms with Crippen LogP contribution < -0.4 is 0 Å². The lowest BCUT2D eigenvalue weighted by Gasteiger charge is -2.19. The summed E-state index contributed by atoms with van der Waals surface area (Å²) in [7, 11) is 0. The van der Waals surface area contributed by atoms with Crippen LogP contribution in [0.2, 0.25) is 0 Å². The van der Waals surface area contributed by atoms with Crippen molar-refractivity contribution < 1.29 is 25.2 Å². The van der Waals surface area contributed by atoms with E-state index in [-0.39, 0.29) is 18.3 Å². The van der Waals surface area contributed by atoms with Gasteiger partial charge in [-0.05, 0) is 49.1 Å². The number of carboxylic acid groups (broad SMARTS) is 1. The Balaban J connectivity index is 1.83. The lowest BCUT2D eigenvalue weighted by Crippen LogP contribution is -2.20. The Hall–Kier alpha value is -2.64. The summed E-state index contributed by atoms with van der Waals surface area (Å²) in [5.41, 5.74) is 9.99. The largest absolute Gasteiger partial charge is 0.481 e. The summed E-state index contributed by atoms with van der Waals surface area (Å²) in [6.45, 7) is 0. The predicted molar refractivity (Wildman–Crippen MR) is 118 cm³/mol. The molecule has 8 nitrogen and oxygen atoms in total. The Bertz CT molecular complexity index is 802. The molecule has 0 aromatic heterocycles. The smallest absolute Gasteiger partial charge is 0.303 e. The van der Waals surface area contributed by atoms with Crippen LogP contribution in [0.25, 0.3) is 10.4 Å². The summed E-state index contributed by atoms with van der Waals surface area (Å²) in [5, 5.41) is 43.1. The second kappa shape index (κ2) is 12.9. The Labute approximate surface area is 182 Å². The first kappa shape index (κ1) is 24.6. The lowest BCUT2D eigenvalue weighted by molar-refractivity contribution is -0.137. The normalized spacial score (nSPS) is 24.5. The van der Waals surface area contributed by atoms with Crippen LogP contribution in [0.5, 0.6) is 0 Å². The van der Waals surface area contributed by atoms with E-state index in [1.54, 1.807) is 24.3 Å². The van der Waals surface area contributed by atoms with Crippen LogP contribution in [-0.4, -0.2) is 44.7 Å². The Morgan fingerprint density at radius 2 is 1.97 bits per heavy atom. The molecule has 1 fully saturated rings. The zero-order chi connectivity index (χ0) is 22.6. The number of carbonyl (C=O) groups is 1. The van der Waals surface area contributed by atoms with Crippen molar-refractivity contribution >= 4 is 11.7 Å². The van der Waals surface area contributed by atoms with Gasteiger partial charge in [0.1, 0.15) is 0 Å². The molecule has 168 valence electrons. The third kappa shape index (κ3) is 8.55. The van der Waals surface area contributed by atoms with Crippen molar-refractivity contribution in [1.82, 2.24) is 0 Å². The van der Waals surface area contributed by atoms with Gasteiger partial charge >= 0.3 is 5.97 Å². The maximum atomic E-state index is 10.5. The number of unbranched alkanes of at least 4 members (excludes halogenated alkanes) is 1. The van der Waals surface area contributed by atoms with E-state index in [2.05, 4.69) is 10.0 Å². The van der Waals surface area contributed by atoms with E-state index in [1.165, 1.54) is 0 Å². The summed E-state index contributed by atoms with van der Waals surface area (Å²) < 4.78 is 0. The zero-order valence-electron chi connectivity index (χ0n) is 17.5. The minimum absolute atomic E-state index is 0.135. The van der Waals surface area contributed by atoms with Gasteiger partial charge in [0.2, 0.25) is 0 Å². The number of hydrogen-bond donors (Lipinski definition) is 4. The maximum absolute atomic E-state index is 10.5. The number of carboxylic acids is 1. The Morgan fingerprint density at radius 1 is 1.23 bits per heavy atom. The molecule has 2 rings (SSSR count). The molecule has 0 radical (unpaired) electrons. The van der Waals surface area contributed by atoms with E-state index in [0.717, 1.165) is 5.56 Å². The molecule has 1 aromatic rings. The lowest BCUT2D eigenvalue weighted by atomic mass is 9.89. The number of hydrogen-bond acceptors (Lipinski definition) is 5. The molecule has 0 spiro atoms. The van der Waals surface area contributed by atoms with Crippen LogP contribution >= 0.6 is 0 Å². The highest BCUT2D eigenvalue weighted by molar-refractivity contribution is 5.66. The third-order valence-corrected chi connectivity index (χ3v) is 5.63. The fourth-order valence-electron chi connectivity index (χ4n) is 3.90. The first-order valence-electron chi connectivity index (χ1n) is 10.6. The molecular formula is C23H31N3O5. The molecule has 31 heavy (non-hydrogen) atoms. The van der Waals surface area contributed by atoms with E-state index in [0.29, 0.717) is 44.2 Å². The van der Waals surface area contributed by atoms with Crippen LogP contribution in [0, 0.1) is 11.8 Å². The zero-order valence-corrected chi connectivity index (χ0v) is 17.5. The monoisotopic (exact) mass is 429 g/mol. The van der Waals surface area contributed by atoms with Crippen molar-refractivity contribution in [3.05, 3.63) is 64.6 Å². The van der Waals surface area contributed by atoms with Gasteiger partial charge < -0.3 is 20.4 Å². The van der Waals surface area contributed by atoms with Gasteiger partial charge in [-0.3, -0.25) is 4.79 Å². The standard InChI is InChI=1S/C23H31N3O5/c24-26-25-17-10-7-16(8-11-17)9-12-18(27)13-14-20-19(21(28)15-22(20)29)5-3-1-2-4-6-23(30)31/h1,3,7-8,10-11,13-14,18-22,27-29H,2,4-6,9,12,15H2,(H,30,31)/b3-1-,14-13+/t18?,19-,20-,21+,22-/m1/s1. The van der Waals surface area contributed by atoms with Gasteiger partial charge in [-0.1, -0.05) is 53.7 Å². The van der Waals surface area contributed by atoms with E-state index >= 15 is 0 Å². The fourth-order valence-corrected chi connectivity index (χ4v) is 3.90. The summed E-state index contributed by atoms with van der Waals surface area (Å²) in [6.07, 6.45) is 8.84. The second-order valence-electron chi connectivity index (χ2n) is 7.95. The maximum Gasteiger partial charge on any atom is 0.303 e. The van der Waals surface area contributed by atoms with Crippen LogP contribution in [0.15, 0.2) is 53.7 Å². The summed E-state index contributed by atoms with van der Waals surface area (Å²) in [5.74, 6) is -1.18. The first-order chi connectivity index (χ1) is 14.9. The minimum atomic E-state index is -0.809. The van der Waals surface area contributed by atoms with Crippen LogP contribution in [0.3, 0.4) is 0 Å². The number of nitrogens with zero attached hydrogens (tertiary/aromatic N) is 3. The highest BCUT2D eigenvalue weighted by Gasteiger charge is 2.39. The molecule has 1 unspecified atom stereocenters. The van der Waals surface area contributed by atoms with Crippen molar-refractivity contribution in [2.45, 2.75) is 63.3 Å². The highest BCUT2D eigenvalue weighted by atomic mass is 16.4. The number of aryl methyl sites for hydroxylation is 1. The fraction of sp³-hybridized carbons (Fsp3) is 0.522. The number of rotatable bonds is 12. The van der Waals surface area contributed by atoms with Crippen molar-refractivity contribution in [3.8, 4) is 0 Å². The Morgan fingerprint density at radius 3 is 2.65 bits per heavy atom. The third-order valence-electron chi connectivity index (χ3n) is 5.63. The molecule has 1 aliphatic carbocycles. The SMILES string of the molecule is [N-]=[N+]=Nc1ccc(CCC(O)/C=C/[C@@H]2[C@@H](C/C=C\CCCC(=O)O)[C@@H](O)C[C@H]2O)cc1. The number of azide groups is 1. The summed E-state index contributed by atoms with van der Waals surface area (Å²) >= 11 is 0. The molecule has 0 saturated heterocycles. The molecule has 1 aromatic carbocycles. The minimum Gasteiger partial charge on any atom is -0.481 e. The van der Waals surface area contributed by atoms with Gasteiger partial charge in [0.05, 0.1) is 18.3 Å². The molecule has 0 bridgehead atoms. The van der Waals surface area contributed by atoms with Crippen molar-refractivity contribution in [2.75, 3.05) is 0 Å². The van der Waals surface area contributed by atoms with E-state index in [4.69, 9.17) is 10.6 Å². The second-order valence-corrected chi connectivity index (χ2v) is 7.95. The van der Waals surface area contributed by atoms with Crippen LogP contribution in [0.1, 0.15) is 44.1 Å².